The average molecular weight is 327 g/mol. The molecule has 5 heteroatoms. The van der Waals surface area contributed by atoms with Gasteiger partial charge < -0.3 is 19.4 Å². The van der Waals surface area contributed by atoms with Gasteiger partial charge in [-0.25, -0.2) is 4.98 Å². The van der Waals surface area contributed by atoms with Crippen molar-refractivity contribution in [1.29, 1.82) is 0 Å². The summed E-state index contributed by atoms with van der Waals surface area (Å²) in [5, 5.41) is 3.57. The number of rotatable bonds is 7. The Morgan fingerprint density at radius 2 is 2.29 bits per heavy atom. The zero-order chi connectivity index (χ0) is 16.8. The van der Waals surface area contributed by atoms with Crippen LogP contribution >= 0.6 is 0 Å². The Morgan fingerprint density at radius 1 is 1.42 bits per heavy atom. The van der Waals surface area contributed by atoms with E-state index in [1.165, 1.54) is 0 Å². The van der Waals surface area contributed by atoms with Gasteiger partial charge in [0.1, 0.15) is 17.7 Å². The van der Waals surface area contributed by atoms with E-state index in [0.717, 1.165) is 43.3 Å². The van der Waals surface area contributed by atoms with E-state index in [2.05, 4.69) is 40.0 Å². The van der Waals surface area contributed by atoms with Crippen LogP contribution in [-0.2, 0) is 11.3 Å². The van der Waals surface area contributed by atoms with Crippen LogP contribution in [0.5, 0.6) is 5.75 Å². The highest BCUT2D eigenvalue weighted by Crippen LogP contribution is 2.28. The molecule has 0 spiro atoms. The molecule has 1 N–H and O–H groups in total. The largest absolute Gasteiger partial charge is 0.496 e. The first-order valence-electron chi connectivity index (χ1n) is 8.49. The summed E-state index contributed by atoms with van der Waals surface area (Å²) in [4.78, 5) is 4.48. The summed E-state index contributed by atoms with van der Waals surface area (Å²) < 4.78 is 13.4. The first kappa shape index (κ1) is 16.7. The quantitative estimate of drug-likeness (QED) is 0.849. The van der Waals surface area contributed by atoms with Gasteiger partial charge in [-0.2, -0.15) is 0 Å². The fraction of sp³-hybridized carbons (Fsp3) is 0.421. The fourth-order valence-corrected chi connectivity index (χ4v) is 3.11. The van der Waals surface area contributed by atoms with Crippen molar-refractivity contribution in [2.75, 3.05) is 20.3 Å². The van der Waals surface area contributed by atoms with E-state index in [1.807, 2.05) is 30.6 Å². The fourth-order valence-electron chi connectivity index (χ4n) is 3.11. The maximum atomic E-state index is 5.91. The topological polar surface area (TPSA) is 48.3 Å². The Kier molecular flexibility index (Phi) is 5.67. The van der Waals surface area contributed by atoms with Gasteiger partial charge >= 0.3 is 0 Å². The van der Waals surface area contributed by atoms with Crippen molar-refractivity contribution >= 4 is 6.08 Å². The third-order valence-corrected chi connectivity index (χ3v) is 4.37. The molecule has 1 aromatic carbocycles. The molecule has 0 aliphatic carbocycles. The predicted octanol–water partition coefficient (Wildman–Crippen LogP) is 3.04. The Bertz CT molecular complexity index is 681. The smallest absolute Gasteiger partial charge is 0.139 e. The number of methoxy groups -OCH3 is 1. The van der Waals surface area contributed by atoms with Gasteiger partial charge in [-0.3, -0.25) is 0 Å². The summed E-state index contributed by atoms with van der Waals surface area (Å²) in [6.45, 7) is 4.60. The molecular formula is C19H25N3O2. The van der Waals surface area contributed by atoms with Gasteiger partial charge in [0.05, 0.1) is 7.11 Å². The van der Waals surface area contributed by atoms with E-state index < -0.39 is 0 Å². The third kappa shape index (κ3) is 3.68. The molecule has 1 aromatic heterocycles. The molecular weight excluding hydrogens is 302 g/mol. The highest BCUT2D eigenvalue weighted by atomic mass is 16.5. The van der Waals surface area contributed by atoms with Gasteiger partial charge in [-0.1, -0.05) is 30.4 Å². The summed E-state index contributed by atoms with van der Waals surface area (Å²) >= 11 is 0. The van der Waals surface area contributed by atoms with Gasteiger partial charge in [-0.15, -0.1) is 0 Å². The molecule has 2 heterocycles. The second-order valence-electron chi connectivity index (χ2n) is 5.81. The van der Waals surface area contributed by atoms with Crippen LogP contribution in [0.3, 0.4) is 0 Å². The van der Waals surface area contributed by atoms with Gasteiger partial charge in [0, 0.05) is 43.7 Å². The third-order valence-electron chi connectivity index (χ3n) is 4.37. The second-order valence-corrected chi connectivity index (χ2v) is 5.81. The number of nitrogens with zero attached hydrogens (tertiary/aromatic N) is 2. The Morgan fingerprint density at radius 3 is 3.12 bits per heavy atom. The van der Waals surface area contributed by atoms with Crippen LogP contribution in [-0.4, -0.2) is 35.9 Å². The molecule has 3 rings (SSSR count). The number of nitrogens with one attached hydrogen (secondary N) is 1. The van der Waals surface area contributed by atoms with E-state index in [-0.39, 0.29) is 6.10 Å². The van der Waals surface area contributed by atoms with Crippen LogP contribution in [0.25, 0.3) is 6.08 Å². The second kappa shape index (κ2) is 8.13. The van der Waals surface area contributed by atoms with Gasteiger partial charge in [0.25, 0.3) is 0 Å². The highest BCUT2D eigenvalue weighted by molar-refractivity contribution is 5.57. The lowest BCUT2D eigenvalue weighted by Gasteiger charge is -2.19. The van der Waals surface area contributed by atoms with Crippen molar-refractivity contribution in [3.63, 3.8) is 0 Å². The maximum Gasteiger partial charge on any atom is 0.139 e. The average Bonchev–Trinajstić information content (AvgIpc) is 3.27. The molecule has 128 valence electrons. The minimum atomic E-state index is 0.0274. The minimum absolute atomic E-state index is 0.0274. The molecule has 5 nitrogen and oxygen atoms in total. The molecule has 24 heavy (non-hydrogen) atoms. The van der Waals surface area contributed by atoms with Crippen molar-refractivity contribution in [3.05, 3.63) is 54.1 Å². The number of benzene rings is 1. The van der Waals surface area contributed by atoms with Crippen molar-refractivity contribution in [2.24, 2.45) is 0 Å². The van der Waals surface area contributed by atoms with Crippen LogP contribution in [0.1, 0.15) is 30.8 Å². The lowest BCUT2D eigenvalue weighted by atomic mass is 10.1. The first-order chi connectivity index (χ1) is 11.8. The van der Waals surface area contributed by atoms with Crippen LogP contribution in [0.2, 0.25) is 0 Å². The lowest BCUT2D eigenvalue weighted by Crippen LogP contribution is -2.33. The molecule has 1 saturated heterocycles. The van der Waals surface area contributed by atoms with Crippen LogP contribution in [0, 0.1) is 0 Å². The molecule has 2 aromatic rings. The number of aryl methyl sites for hydroxylation is 1. The molecule has 2 atom stereocenters. The summed E-state index contributed by atoms with van der Waals surface area (Å²) in [5.41, 5.74) is 1.09. The Labute approximate surface area is 143 Å². The number of aromatic nitrogens is 2. The minimum Gasteiger partial charge on any atom is -0.496 e. The van der Waals surface area contributed by atoms with Crippen molar-refractivity contribution in [3.8, 4) is 5.75 Å². The Balaban J connectivity index is 1.59. The van der Waals surface area contributed by atoms with Crippen LogP contribution in [0.4, 0.5) is 0 Å². The summed E-state index contributed by atoms with van der Waals surface area (Å²) in [6.07, 6.45) is 9.10. The number of imidazole rings is 1. The highest BCUT2D eigenvalue weighted by Gasteiger charge is 2.31. The molecule has 0 saturated carbocycles. The normalized spacial score (nSPS) is 20.8. The molecule has 0 amide bonds. The van der Waals surface area contributed by atoms with Gasteiger partial charge in [0.2, 0.25) is 0 Å². The molecule has 0 unspecified atom stereocenters. The van der Waals surface area contributed by atoms with E-state index >= 15 is 0 Å². The standard InChI is InChI=1S/C19H25N3O2/c1-3-22-13-12-21-19(22)18-16(10-14-24-18)20-11-6-8-15-7-4-5-9-17(15)23-2/h4-9,12-13,16,18,20H,3,10-11,14H2,1-2H3/b8-6+/t16-,18-/m0/s1. The van der Waals surface area contributed by atoms with Gasteiger partial charge in [-0.05, 0) is 19.4 Å². The molecule has 0 bridgehead atoms. The molecule has 1 aliphatic rings. The lowest BCUT2D eigenvalue weighted by molar-refractivity contribution is 0.0896. The summed E-state index contributed by atoms with van der Waals surface area (Å²) in [6, 6.07) is 8.30. The summed E-state index contributed by atoms with van der Waals surface area (Å²) in [5.74, 6) is 1.90. The Hall–Kier alpha value is -2.11. The van der Waals surface area contributed by atoms with Gasteiger partial charge in [0.15, 0.2) is 0 Å². The van der Waals surface area contributed by atoms with E-state index in [1.54, 1.807) is 7.11 Å². The van der Waals surface area contributed by atoms with Crippen LogP contribution in [0.15, 0.2) is 42.7 Å². The number of hydrogen-bond acceptors (Lipinski definition) is 4. The molecule has 0 radical (unpaired) electrons. The van der Waals surface area contributed by atoms with Crippen molar-refractivity contribution in [1.82, 2.24) is 14.9 Å². The number of hydrogen-bond donors (Lipinski definition) is 1. The predicted molar refractivity (Wildman–Crippen MR) is 95.0 cm³/mol. The summed E-state index contributed by atoms with van der Waals surface area (Å²) in [7, 11) is 1.70. The van der Waals surface area contributed by atoms with E-state index in [4.69, 9.17) is 9.47 Å². The SMILES string of the molecule is CCn1ccnc1[C@H]1OCC[C@@H]1NC/C=C/c1ccccc1OC. The first-order valence-corrected chi connectivity index (χ1v) is 8.49. The molecule has 1 aliphatic heterocycles. The zero-order valence-electron chi connectivity index (χ0n) is 14.3. The number of ether oxygens (including phenoxy) is 2. The van der Waals surface area contributed by atoms with E-state index in [0.29, 0.717) is 6.04 Å². The zero-order valence-corrected chi connectivity index (χ0v) is 14.3. The molecule has 1 fully saturated rings. The number of para-hydroxylation sites is 1. The monoisotopic (exact) mass is 327 g/mol. The van der Waals surface area contributed by atoms with Crippen molar-refractivity contribution < 1.29 is 9.47 Å². The van der Waals surface area contributed by atoms with Crippen molar-refractivity contribution in [2.45, 2.75) is 32.0 Å². The maximum absolute atomic E-state index is 5.91. The van der Waals surface area contributed by atoms with Crippen LogP contribution < -0.4 is 10.1 Å². The van der Waals surface area contributed by atoms with E-state index in [9.17, 15) is 0 Å².